The number of fused-ring (bicyclic) bond motifs is 1. The van der Waals surface area contributed by atoms with Crippen molar-refractivity contribution < 1.29 is 27.5 Å². The lowest BCUT2D eigenvalue weighted by Gasteiger charge is -2.31. The predicted molar refractivity (Wildman–Crippen MR) is 154 cm³/mol. The summed E-state index contributed by atoms with van der Waals surface area (Å²) < 4.78 is 40.4. The smallest absolute Gasteiger partial charge is 0.263 e. The number of nitrogens with zero attached hydrogens (tertiary/aromatic N) is 3. The molecule has 0 atom stereocenters. The van der Waals surface area contributed by atoms with Crippen molar-refractivity contribution in [2.24, 2.45) is 5.92 Å². The molecule has 5 rings (SSSR count). The van der Waals surface area contributed by atoms with Crippen LogP contribution in [-0.2, 0) is 19.6 Å². The number of anilines is 4. The Bertz CT molecular complexity index is 1720. The summed E-state index contributed by atoms with van der Waals surface area (Å²) in [5.74, 6) is -0.144. The van der Waals surface area contributed by atoms with Gasteiger partial charge in [0.25, 0.3) is 10.0 Å². The number of nitrogens with one attached hydrogen (secondary N) is 3. The Morgan fingerprint density at radius 1 is 0.902 bits per heavy atom. The van der Waals surface area contributed by atoms with Crippen LogP contribution in [0.2, 0.25) is 0 Å². The monoisotopic (exact) mass is 576 g/mol. The van der Waals surface area contributed by atoms with E-state index in [0.29, 0.717) is 41.3 Å². The first-order valence-electron chi connectivity index (χ1n) is 12.6. The van der Waals surface area contributed by atoms with Crippen molar-refractivity contribution in [1.82, 2.24) is 15.3 Å². The van der Waals surface area contributed by atoms with Gasteiger partial charge in [0.15, 0.2) is 11.6 Å². The second-order valence-electron chi connectivity index (χ2n) is 9.29. The molecule has 0 spiro atoms. The molecule has 3 aromatic carbocycles. The number of hydrogen-bond acceptors (Lipinski definition) is 10. The summed E-state index contributed by atoms with van der Waals surface area (Å²) in [6.07, 6.45) is 0. The zero-order chi connectivity index (χ0) is 29.1. The highest BCUT2D eigenvalue weighted by atomic mass is 32.2. The largest absolute Gasteiger partial charge is 0.497 e. The first kappa shape index (κ1) is 27.8. The number of carbonyl (C=O) groups is 2. The van der Waals surface area contributed by atoms with Crippen LogP contribution >= 0.6 is 0 Å². The number of benzene rings is 3. The molecule has 0 unspecified atom stereocenters. The molecule has 41 heavy (non-hydrogen) atoms. The molecule has 1 fully saturated rings. The molecule has 0 radical (unpaired) electrons. The van der Waals surface area contributed by atoms with E-state index < -0.39 is 15.9 Å². The molecular formula is C28H28N6O6S. The van der Waals surface area contributed by atoms with E-state index in [1.165, 1.54) is 45.4 Å². The molecule has 1 aliphatic rings. The molecule has 0 saturated carbocycles. The van der Waals surface area contributed by atoms with Crippen LogP contribution in [0.1, 0.15) is 6.92 Å². The van der Waals surface area contributed by atoms with Gasteiger partial charge in [0.05, 0.1) is 41.8 Å². The summed E-state index contributed by atoms with van der Waals surface area (Å²) in [6.45, 7) is 2.18. The van der Waals surface area contributed by atoms with E-state index >= 15 is 0 Å². The Labute approximate surface area is 236 Å². The minimum Gasteiger partial charge on any atom is -0.497 e. The Balaban J connectivity index is 1.52. The Hall–Kier alpha value is -4.75. The van der Waals surface area contributed by atoms with E-state index in [4.69, 9.17) is 9.47 Å². The first-order valence-corrected chi connectivity index (χ1v) is 14.1. The topological polar surface area (TPSA) is 152 Å². The number of amides is 2. The fourth-order valence-corrected chi connectivity index (χ4v) is 5.31. The normalized spacial score (nSPS) is 13.2. The van der Waals surface area contributed by atoms with E-state index in [1.54, 1.807) is 42.5 Å². The summed E-state index contributed by atoms with van der Waals surface area (Å²) in [6, 6.07) is 17.8. The van der Waals surface area contributed by atoms with Crippen LogP contribution in [0, 0.1) is 5.92 Å². The maximum absolute atomic E-state index is 13.6. The van der Waals surface area contributed by atoms with Gasteiger partial charge in [0, 0.05) is 43.9 Å². The molecule has 1 saturated heterocycles. The maximum atomic E-state index is 13.6. The SMILES string of the molecule is COc1cc(Nc2nc3ccccc3nc2NS(=O)(=O)c2cccc(N(C(C)=O)C(=O)C3CNC3)c2)cc(OC)c1. The van der Waals surface area contributed by atoms with Crippen LogP contribution in [-0.4, -0.2) is 57.5 Å². The second-order valence-corrected chi connectivity index (χ2v) is 11.0. The van der Waals surface area contributed by atoms with E-state index in [9.17, 15) is 18.0 Å². The number of imide groups is 1. The summed E-state index contributed by atoms with van der Waals surface area (Å²) in [4.78, 5) is 35.3. The number of sulfonamides is 1. The van der Waals surface area contributed by atoms with Crippen LogP contribution in [0.3, 0.4) is 0 Å². The average Bonchev–Trinajstić information content (AvgIpc) is 2.92. The van der Waals surface area contributed by atoms with E-state index in [1.807, 2.05) is 0 Å². The summed E-state index contributed by atoms with van der Waals surface area (Å²) in [5, 5.41) is 6.11. The molecule has 13 heteroatoms. The lowest BCUT2D eigenvalue weighted by atomic mass is 10.0. The maximum Gasteiger partial charge on any atom is 0.263 e. The highest BCUT2D eigenvalue weighted by molar-refractivity contribution is 7.92. The standard InChI is InChI=1S/C28H28N6O6S/c1-17(35)34(28(36)18-15-29-16-18)20-7-6-8-23(13-20)41(37,38)33-27-26(31-24-9-4-5-10-25(24)32-27)30-19-11-21(39-2)14-22(12-19)40-3/h4-14,18,29H,15-16H2,1-3H3,(H,30,31)(H,32,33). The van der Waals surface area contributed by atoms with Gasteiger partial charge in [0.1, 0.15) is 11.5 Å². The quantitative estimate of drug-likeness (QED) is 0.271. The number of hydrogen-bond donors (Lipinski definition) is 3. The third kappa shape index (κ3) is 5.90. The molecule has 212 valence electrons. The molecule has 4 aromatic rings. The first-order chi connectivity index (χ1) is 19.7. The molecule has 1 aromatic heterocycles. The Morgan fingerprint density at radius 3 is 2.10 bits per heavy atom. The lowest BCUT2D eigenvalue weighted by Crippen LogP contribution is -2.53. The second kappa shape index (κ2) is 11.4. The molecule has 3 N–H and O–H groups in total. The van der Waals surface area contributed by atoms with Crippen molar-refractivity contribution in [3.05, 3.63) is 66.7 Å². The highest BCUT2D eigenvalue weighted by Crippen LogP contribution is 2.32. The molecule has 0 bridgehead atoms. The predicted octanol–water partition coefficient (Wildman–Crippen LogP) is 3.29. The van der Waals surface area contributed by atoms with Gasteiger partial charge < -0.3 is 20.1 Å². The van der Waals surface area contributed by atoms with Gasteiger partial charge in [0.2, 0.25) is 11.8 Å². The van der Waals surface area contributed by atoms with Crippen LogP contribution in [0.25, 0.3) is 11.0 Å². The molecule has 12 nitrogen and oxygen atoms in total. The van der Waals surface area contributed by atoms with Gasteiger partial charge in [-0.1, -0.05) is 18.2 Å². The number of methoxy groups -OCH3 is 2. The minimum atomic E-state index is -4.25. The summed E-state index contributed by atoms with van der Waals surface area (Å²) in [7, 11) is -1.21. The van der Waals surface area contributed by atoms with Gasteiger partial charge in [-0.15, -0.1) is 0 Å². The van der Waals surface area contributed by atoms with Crippen molar-refractivity contribution >= 4 is 55.9 Å². The van der Waals surface area contributed by atoms with E-state index in [-0.39, 0.29) is 34.0 Å². The van der Waals surface area contributed by atoms with Gasteiger partial charge in [-0.2, -0.15) is 0 Å². The summed E-state index contributed by atoms with van der Waals surface area (Å²) >= 11 is 0. The Kier molecular flexibility index (Phi) is 7.72. The molecule has 1 aliphatic heterocycles. The van der Waals surface area contributed by atoms with Crippen LogP contribution in [0.5, 0.6) is 11.5 Å². The number of para-hydroxylation sites is 2. The molecule has 2 heterocycles. The van der Waals surface area contributed by atoms with Gasteiger partial charge in [-0.25, -0.2) is 18.4 Å². The fraction of sp³-hybridized carbons (Fsp3) is 0.214. The van der Waals surface area contributed by atoms with Crippen molar-refractivity contribution in [3.63, 3.8) is 0 Å². The third-order valence-corrected chi connectivity index (χ3v) is 7.80. The number of ether oxygens (including phenoxy) is 2. The number of aromatic nitrogens is 2. The molecule has 2 amide bonds. The lowest BCUT2D eigenvalue weighted by molar-refractivity contribution is -0.128. The van der Waals surface area contributed by atoms with Crippen LogP contribution < -0.4 is 29.7 Å². The molecule has 0 aliphatic carbocycles. The van der Waals surface area contributed by atoms with Crippen molar-refractivity contribution in [3.8, 4) is 11.5 Å². The number of rotatable bonds is 9. The zero-order valence-corrected chi connectivity index (χ0v) is 23.4. The minimum absolute atomic E-state index is 0.0593. The van der Waals surface area contributed by atoms with Gasteiger partial charge in [-0.05, 0) is 30.3 Å². The highest BCUT2D eigenvalue weighted by Gasteiger charge is 2.33. The fourth-order valence-electron chi connectivity index (χ4n) is 4.26. The average molecular weight is 577 g/mol. The van der Waals surface area contributed by atoms with E-state index in [2.05, 4.69) is 25.3 Å². The van der Waals surface area contributed by atoms with Crippen molar-refractivity contribution in [1.29, 1.82) is 0 Å². The van der Waals surface area contributed by atoms with Gasteiger partial charge >= 0.3 is 0 Å². The third-order valence-electron chi connectivity index (χ3n) is 6.47. The van der Waals surface area contributed by atoms with Gasteiger partial charge in [-0.3, -0.25) is 19.2 Å². The van der Waals surface area contributed by atoms with Crippen LogP contribution in [0.15, 0.2) is 71.6 Å². The Morgan fingerprint density at radius 2 is 1.54 bits per heavy atom. The van der Waals surface area contributed by atoms with Crippen molar-refractivity contribution in [2.75, 3.05) is 42.2 Å². The molecular weight excluding hydrogens is 548 g/mol. The summed E-state index contributed by atoms with van der Waals surface area (Å²) in [5.41, 5.74) is 1.68. The number of carbonyl (C=O) groups excluding carboxylic acids is 2. The van der Waals surface area contributed by atoms with Crippen LogP contribution in [0.4, 0.5) is 23.0 Å². The van der Waals surface area contributed by atoms with E-state index in [0.717, 1.165) is 4.90 Å². The zero-order valence-electron chi connectivity index (χ0n) is 22.5. The van der Waals surface area contributed by atoms with Crippen molar-refractivity contribution in [2.45, 2.75) is 11.8 Å².